The normalized spacial score (nSPS) is 21.0. The van der Waals surface area contributed by atoms with Crippen molar-refractivity contribution < 1.29 is 19.1 Å². The fourth-order valence-corrected chi connectivity index (χ4v) is 4.49. The van der Waals surface area contributed by atoms with Crippen LogP contribution >= 0.6 is 0 Å². The molecule has 0 radical (unpaired) electrons. The number of carbonyl (C=O) groups excluding carboxylic acids is 2. The standard InChI is InChI=1S/C23H24N2O4/c26-22-4-2-11-24(22)18-8-5-16(6-9-18)23(27)25-12-1-3-19(25)17-7-10-20-21(15-17)29-14-13-28-20/h5-10,15,19H,1-4,11-14H2. The van der Waals surface area contributed by atoms with Crippen LogP contribution in [0.1, 0.15) is 47.6 Å². The largest absolute Gasteiger partial charge is 0.486 e. The van der Waals surface area contributed by atoms with Crippen LogP contribution in [0.2, 0.25) is 0 Å². The minimum absolute atomic E-state index is 0.0293. The molecule has 3 aliphatic heterocycles. The molecule has 1 atom stereocenters. The highest BCUT2D eigenvalue weighted by atomic mass is 16.6. The predicted molar refractivity (Wildman–Crippen MR) is 108 cm³/mol. The summed E-state index contributed by atoms with van der Waals surface area (Å²) in [7, 11) is 0. The summed E-state index contributed by atoms with van der Waals surface area (Å²) in [6.45, 7) is 2.61. The topological polar surface area (TPSA) is 59.1 Å². The zero-order chi connectivity index (χ0) is 19.8. The molecule has 0 spiro atoms. The Morgan fingerprint density at radius 3 is 2.48 bits per heavy atom. The summed E-state index contributed by atoms with van der Waals surface area (Å²) < 4.78 is 11.3. The van der Waals surface area contributed by atoms with Gasteiger partial charge in [0.1, 0.15) is 13.2 Å². The van der Waals surface area contributed by atoms with E-state index in [0.29, 0.717) is 25.2 Å². The molecule has 0 N–H and O–H groups in total. The third-order valence-corrected chi connectivity index (χ3v) is 5.96. The number of amides is 2. The Hall–Kier alpha value is -3.02. The Morgan fingerprint density at radius 1 is 0.931 bits per heavy atom. The number of fused-ring (bicyclic) bond motifs is 1. The minimum Gasteiger partial charge on any atom is -0.486 e. The lowest BCUT2D eigenvalue weighted by Crippen LogP contribution is -2.30. The van der Waals surface area contributed by atoms with Crippen LogP contribution in [0, 0.1) is 0 Å². The lowest BCUT2D eigenvalue weighted by atomic mass is 10.0. The summed E-state index contributed by atoms with van der Waals surface area (Å²) in [5.41, 5.74) is 2.61. The Balaban J connectivity index is 1.35. The van der Waals surface area contributed by atoms with Gasteiger partial charge in [0, 0.05) is 30.8 Å². The van der Waals surface area contributed by atoms with E-state index >= 15 is 0 Å². The lowest BCUT2D eigenvalue weighted by molar-refractivity contribution is -0.117. The van der Waals surface area contributed by atoms with Gasteiger partial charge < -0.3 is 19.3 Å². The van der Waals surface area contributed by atoms with E-state index in [1.54, 1.807) is 4.90 Å². The van der Waals surface area contributed by atoms with E-state index in [2.05, 4.69) is 0 Å². The highest BCUT2D eigenvalue weighted by molar-refractivity contribution is 5.97. The average Bonchev–Trinajstić information content (AvgIpc) is 3.42. The molecule has 0 bridgehead atoms. The maximum absolute atomic E-state index is 13.2. The number of likely N-dealkylation sites (tertiary alicyclic amines) is 1. The van der Waals surface area contributed by atoms with Gasteiger partial charge in [0.2, 0.25) is 5.91 Å². The Labute approximate surface area is 170 Å². The Kier molecular flexibility index (Phi) is 4.62. The molecule has 3 heterocycles. The fourth-order valence-electron chi connectivity index (χ4n) is 4.49. The van der Waals surface area contributed by atoms with E-state index in [-0.39, 0.29) is 17.9 Å². The monoisotopic (exact) mass is 392 g/mol. The Bertz CT molecular complexity index is 940. The molecule has 2 aromatic rings. The SMILES string of the molecule is O=C1CCCN1c1ccc(C(=O)N2CCCC2c2ccc3c(c2)OCCO3)cc1. The van der Waals surface area contributed by atoms with Crippen LogP contribution < -0.4 is 14.4 Å². The molecule has 0 saturated carbocycles. The van der Waals surface area contributed by atoms with E-state index in [0.717, 1.165) is 55.1 Å². The number of hydrogen-bond acceptors (Lipinski definition) is 4. The molecule has 6 heteroatoms. The molecule has 150 valence electrons. The van der Waals surface area contributed by atoms with Crippen molar-refractivity contribution >= 4 is 17.5 Å². The van der Waals surface area contributed by atoms with Crippen LogP contribution in [0.25, 0.3) is 0 Å². The van der Waals surface area contributed by atoms with Gasteiger partial charge in [-0.1, -0.05) is 6.07 Å². The number of anilines is 1. The number of benzene rings is 2. The van der Waals surface area contributed by atoms with Crippen LogP contribution in [0.5, 0.6) is 11.5 Å². The number of ether oxygens (including phenoxy) is 2. The van der Waals surface area contributed by atoms with Gasteiger partial charge in [-0.2, -0.15) is 0 Å². The van der Waals surface area contributed by atoms with Crippen LogP contribution in [0.3, 0.4) is 0 Å². The number of carbonyl (C=O) groups is 2. The molecule has 5 rings (SSSR count). The van der Waals surface area contributed by atoms with Crippen LogP contribution in [0.15, 0.2) is 42.5 Å². The maximum Gasteiger partial charge on any atom is 0.254 e. The highest BCUT2D eigenvalue weighted by Gasteiger charge is 2.31. The second-order valence-electron chi connectivity index (χ2n) is 7.76. The summed E-state index contributed by atoms with van der Waals surface area (Å²) >= 11 is 0. The fraction of sp³-hybridized carbons (Fsp3) is 0.391. The van der Waals surface area contributed by atoms with E-state index in [9.17, 15) is 9.59 Å². The first kappa shape index (κ1) is 18.0. The first-order chi connectivity index (χ1) is 14.2. The van der Waals surface area contributed by atoms with Gasteiger partial charge in [0.25, 0.3) is 5.91 Å². The zero-order valence-corrected chi connectivity index (χ0v) is 16.3. The second-order valence-corrected chi connectivity index (χ2v) is 7.76. The van der Waals surface area contributed by atoms with E-state index in [4.69, 9.17) is 9.47 Å². The van der Waals surface area contributed by atoms with Crippen LogP contribution in [-0.4, -0.2) is 43.0 Å². The van der Waals surface area contributed by atoms with Crippen molar-refractivity contribution in [3.05, 3.63) is 53.6 Å². The van der Waals surface area contributed by atoms with Crippen molar-refractivity contribution in [2.75, 3.05) is 31.2 Å². The number of nitrogens with zero attached hydrogens (tertiary/aromatic N) is 2. The van der Waals surface area contributed by atoms with E-state index in [1.807, 2.05) is 47.4 Å². The van der Waals surface area contributed by atoms with Crippen molar-refractivity contribution in [3.63, 3.8) is 0 Å². The smallest absolute Gasteiger partial charge is 0.254 e. The quantitative estimate of drug-likeness (QED) is 0.801. The third-order valence-electron chi connectivity index (χ3n) is 5.96. The predicted octanol–water partition coefficient (Wildman–Crippen LogP) is 3.56. The lowest BCUT2D eigenvalue weighted by Gasteiger charge is -2.27. The number of hydrogen-bond donors (Lipinski definition) is 0. The van der Waals surface area contributed by atoms with Crippen molar-refractivity contribution in [2.45, 2.75) is 31.7 Å². The molecule has 2 amide bonds. The average molecular weight is 392 g/mol. The van der Waals surface area contributed by atoms with E-state index in [1.165, 1.54) is 0 Å². The molecule has 2 saturated heterocycles. The van der Waals surface area contributed by atoms with E-state index < -0.39 is 0 Å². The molecule has 29 heavy (non-hydrogen) atoms. The first-order valence-electron chi connectivity index (χ1n) is 10.3. The zero-order valence-electron chi connectivity index (χ0n) is 16.3. The van der Waals surface area contributed by atoms with Crippen molar-refractivity contribution in [3.8, 4) is 11.5 Å². The molecular formula is C23H24N2O4. The highest BCUT2D eigenvalue weighted by Crippen LogP contribution is 2.38. The van der Waals surface area contributed by atoms with Crippen molar-refractivity contribution in [2.24, 2.45) is 0 Å². The molecule has 2 aromatic carbocycles. The Morgan fingerprint density at radius 2 is 1.72 bits per heavy atom. The molecular weight excluding hydrogens is 368 g/mol. The first-order valence-corrected chi connectivity index (χ1v) is 10.3. The minimum atomic E-state index is 0.0293. The summed E-state index contributed by atoms with van der Waals surface area (Å²) in [5, 5.41) is 0. The van der Waals surface area contributed by atoms with Crippen molar-refractivity contribution in [1.29, 1.82) is 0 Å². The van der Waals surface area contributed by atoms with Crippen LogP contribution in [-0.2, 0) is 4.79 Å². The van der Waals surface area contributed by atoms with Crippen molar-refractivity contribution in [1.82, 2.24) is 4.90 Å². The van der Waals surface area contributed by atoms with Gasteiger partial charge in [0.05, 0.1) is 6.04 Å². The third kappa shape index (κ3) is 3.33. The summed E-state index contributed by atoms with van der Waals surface area (Å²) in [4.78, 5) is 28.9. The summed E-state index contributed by atoms with van der Waals surface area (Å²) in [6.07, 6.45) is 3.41. The van der Waals surface area contributed by atoms with Gasteiger partial charge in [0.15, 0.2) is 11.5 Å². The second kappa shape index (κ2) is 7.43. The molecule has 3 aliphatic rings. The van der Waals surface area contributed by atoms with Gasteiger partial charge >= 0.3 is 0 Å². The summed E-state index contributed by atoms with van der Waals surface area (Å²) in [6, 6.07) is 13.5. The molecule has 2 fully saturated rings. The van der Waals surface area contributed by atoms with Gasteiger partial charge in [-0.15, -0.1) is 0 Å². The maximum atomic E-state index is 13.2. The van der Waals surface area contributed by atoms with Gasteiger partial charge in [-0.25, -0.2) is 0 Å². The molecule has 6 nitrogen and oxygen atoms in total. The molecule has 1 unspecified atom stereocenters. The molecule has 0 aromatic heterocycles. The molecule has 0 aliphatic carbocycles. The van der Waals surface area contributed by atoms with Gasteiger partial charge in [-0.3, -0.25) is 9.59 Å². The number of rotatable bonds is 3. The summed E-state index contributed by atoms with van der Waals surface area (Å²) in [5.74, 6) is 1.71. The van der Waals surface area contributed by atoms with Crippen LogP contribution in [0.4, 0.5) is 5.69 Å². The van der Waals surface area contributed by atoms with Gasteiger partial charge in [-0.05, 0) is 61.2 Å².